The van der Waals surface area contributed by atoms with Crippen molar-refractivity contribution >= 4 is 39.8 Å². The highest BCUT2D eigenvalue weighted by molar-refractivity contribution is 6.34. The molecule has 2 N–H and O–H groups in total. The van der Waals surface area contributed by atoms with E-state index in [4.69, 9.17) is 16.3 Å². The molecule has 38 heavy (non-hydrogen) atoms. The average Bonchev–Trinajstić information content (AvgIpc) is 3.33. The third-order valence-electron chi connectivity index (χ3n) is 8.79. The summed E-state index contributed by atoms with van der Waals surface area (Å²) in [6.07, 6.45) is 4.16. The standard InChI is InChI=1S/C28H35ClN6O3/c1-4-19-25(21-5-6-33(3)32-21)26(19)27(37)31-24-13-17-12-22(20(29)11-18(17)14-30-24)34-7-9-35(10-8-34)28(2)16-38-15-23(28)36/h5-6,11-14,19,23,25-26,36H,4,7-10,15-16H2,1-3H3,(H,30,31,37)/t19-,23+,25+,26-,28-/m0/s1. The van der Waals surface area contributed by atoms with Crippen LogP contribution in [0.1, 0.15) is 31.9 Å². The van der Waals surface area contributed by atoms with Crippen molar-refractivity contribution in [2.75, 3.05) is 49.6 Å². The highest BCUT2D eigenvalue weighted by atomic mass is 35.5. The molecule has 0 radical (unpaired) electrons. The fourth-order valence-electron chi connectivity index (χ4n) is 6.34. The first kappa shape index (κ1) is 25.6. The van der Waals surface area contributed by atoms with Crippen LogP contribution in [0.5, 0.6) is 0 Å². The maximum atomic E-state index is 13.2. The van der Waals surface area contributed by atoms with Crippen molar-refractivity contribution in [3.63, 3.8) is 0 Å². The number of carbonyl (C=O) groups is 1. The molecule has 0 spiro atoms. The van der Waals surface area contributed by atoms with E-state index < -0.39 is 6.10 Å². The van der Waals surface area contributed by atoms with Crippen LogP contribution in [0.3, 0.4) is 0 Å². The molecule has 2 aromatic heterocycles. The first-order valence-corrected chi connectivity index (χ1v) is 13.8. The molecule has 1 amide bonds. The summed E-state index contributed by atoms with van der Waals surface area (Å²) in [6, 6.07) is 7.96. The topological polar surface area (TPSA) is 95.8 Å². The number of hydrogen-bond donors (Lipinski definition) is 2. The third-order valence-corrected chi connectivity index (χ3v) is 9.09. The highest BCUT2D eigenvalue weighted by Gasteiger charge is 2.55. The predicted octanol–water partition coefficient (Wildman–Crippen LogP) is 3.27. The lowest BCUT2D eigenvalue weighted by atomic mass is 9.95. The van der Waals surface area contributed by atoms with Gasteiger partial charge in [0.2, 0.25) is 5.91 Å². The van der Waals surface area contributed by atoms with Gasteiger partial charge in [0, 0.05) is 56.9 Å². The smallest absolute Gasteiger partial charge is 0.229 e. The van der Waals surface area contributed by atoms with E-state index >= 15 is 0 Å². The Morgan fingerprint density at radius 1 is 1.24 bits per heavy atom. The molecule has 1 saturated carbocycles. The van der Waals surface area contributed by atoms with Crippen LogP contribution in [0.2, 0.25) is 5.02 Å². The number of aryl methyl sites for hydroxylation is 1. The van der Waals surface area contributed by atoms with Gasteiger partial charge in [-0.15, -0.1) is 0 Å². The summed E-state index contributed by atoms with van der Waals surface area (Å²) in [7, 11) is 1.90. The largest absolute Gasteiger partial charge is 0.389 e. The van der Waals surface area contributed by atoms with E-state index in [9.17, 15) is 9.90 Å². The zero-order chi connectivity index (χ0) is 26.6. The highest BCUT2D eigenvalue weighted by Crippen LogP contribution is 2.55. The average molecular weight is 539 g/mol. The van der Waals surface area contributed by atoms with E-state index in [1.807, 2.05) is 31.4 Å². The van der Waals surface area contributed by atoms with Crippen molar-refractivity contribution in [1.82, 2.24) is 19.7 Å². The number of amides is 1. The summed E-state index contributed by atoms with van der Waals surface area (Å²) in [4.78, 5) is 22.3. The molecular weight excluding hydrogens is 504 g/mol. The van der Waals surface area contributed by atoms with Crippen LogP contribution in [0.15, 0.2) is 36.7 Å². The summed E-state index contributed by atoms with van der Waals surface area (Å²) in [5, 5.41) is 20.6. The molecule has 2 aliphatic heterocycles. The number of piperazine rings is 1. The first-order valence-electron chi connectivity index (χ1n) is 13.4. The van der Waals surface area contributed by atoms with Gasteiger partial charge in [0.25, 0.3) is 0 Å². The normalized spacial score (nSPS) is 29.7. The number of carbonyl (C=O) groups excluding carboxylic acids is 1. The zero-order valence-corrected chi connectivity index (χ0v) is 22.9. The van der Waals surface area contributed by atoms with E-state index in [0.717, 1.165) is 54.8 Å². The first-order chi connectivity index (χ1) is 18.3. The molecule has 5 atom stereocenters. The Morgan fingerprint density at radius 2 is 2.03 bits per heavy atom. The van der Waals surface area contributed by atoms with Crippen molar-refractivity contribution in [2.45, 2.75) is 37.8 Å². The fourth-order valence-corrected chi connectivity index (χ4v) is 6.63. The molecule has 3 fully saturated rings. The molecule has 0 unspecified atom stereocenters. The van der Waals surface area contributed by atoms with Crippen molar-refractivity contribution in [2.24, 2.45) is 18.9 Å². The van der Waals surface area contributed by atoms with Gasteiger partial charge in [-0.25, -0.2) is 4.98 Å². The fraction of sp³-hybridized carbons (Fsp3) is 0.536. The molecule has 4 heterocycles. The molecule has 3 aliphatic rings. The SMILES string of the molecule is CC[C@@H]1[C@H](C(=O)Nc2cc3cc(N4CCN([C@@]5(C)COC[C@H]5O)CC4)c(Cl)cc3cn2)[C@H]1c1ccn(C)n1. The van der Waals surface area contributed by atoms with Crippen molar-refractivity contribution in [3.8, 4) is 0 Å². The molecule has 1 aliphatic carbocycles. The van der Waals surface area contributed by atoms with E-state index in [2.05, 4.69) is 45.1 Å². The zero-order valence-electron chi connectivity index (χ0n) is 22.1. The summed E-state index contributed by atoms with van der Waals surface area (Å²) < 4.78 is 7.32. The van der Waals surface area contributed by atoms with E-state index in [1.165, 1.54) is 0 Å². The van der Waals surface area contributed by atoms with Gasteiger partial charge >= 0.3 is 0 Å². The molecule has 3 aromatic rings. The number of fused-ring (bicyclic) bond motifs is 1. The third kappa shape index (κ3) is 4.45. The van der Waals surface area contributed by atoms with Crippen LogP contribution in [0.4, 0.5) is 11.5 Å². The van der Waals surface area contributed by atoms with Crippen LogP contribution in [-0.4, -0.2) is 81.7 Å². The molecule has 202 valence electrons. The van der Waals surface area contributed by atoms with Gasteiger partial charge < -0.3 is 20.1 Å². The Labute approximate surface area is 227 Å². The molecule has 0 bridgehead atoms. The van der Waals surface area contributed by atoms with Gasteiger partial charge in [-0.1, -0.05) is 24.9 Å². The van der Waals surface area contributed by atoms with Gasteiger partial charge in [-0.2, -0.15) is 5.10 Å². The number of rotatable bonds is 6. The lowest BCUT2D eigenvalue weighted by molar-refractivity contribution is -0.117. The minimum atomic E-state index is -0.470. The minimum absolute atomic E-state index is 0.00348. The summed E-state index contributed by atoms with van der Waals surface area (Å²) in [5.41, 5.74) is 1.61. The second kappa shape index (κ2) is 9.79. The van der Waals surface area contributed by atoms with E-state index in [-0.39, 0.29) is 23.3 Å². The lowest BCUT2D eigenvalue weighted by Crippen LogP contribution is -2.60. The second-order valence-corrected chi connectivity index (χ2v) is 11.5. The molecule has 9 nitrogen and oxygen atoms in total. The van der Waals surface area contributed by atoms with Crippen molar-refractivity contribution in [3.05, 3.63) is 47.4 Å². The maximum Gasteiger partial charge on any atom is 0.229 e. The number of aliphatic hydroxyl groups is 1. The van der Waals surface area contributed by atoms with Crippen LogP contribution in [-0.2, 0) is 16.6 Å². The molecule has 6 rings (SSSR count). The number of ether oxygens (including phenoxy) is 1. The van der Waals surface area contributed by atoms with Crippen LogP contribution in [0.25, 0.3) is 10.8 Å². The molecule has 2 saturated heterocycles. The van der Waals surface area contributed by atoms with E-state index in [1.54, 1.807) is 10.9 Å². The Bertz CT molecular complexity index is 1360. The monoisotopic (exact) mass is 538 g/mol. The van der Waals surface area contributed by atoms with Crippen LogP contribution < -0.4 is 10.2 Å². The number of hydrogen-bond acceptors (Lipinski definition) is 7. The molecule has 10 heteroatoms. The lowest BCUT2D eigenvalue weighted by Gasteiger charge is -2.45. The summed E-state index contributed by atoms with van der Waals surface area (Å²) in [5.74, 6) is 0.912. The summed E-state index contributed by atoms with van der Waals surface area (Å²) >= 11 is 6.71. The van der Waals surface area contributed by atoms with Crippen molar-refractivity contribution < 1.29 is 14.6 Å². The van der Waals surface area contributed by atoms with Gasteiger partial charge in [0.05, 0.1) is 47.2 Å². The maximum absolute atomic E-state index is 13.2. The minimum Gasteiger partial charge on any atom is -0.389 e. The number of benzene rings is 1. The number of aromatic nitrogens is 3. The Kier molecular flexibility index (Phi) is 6.58. The Balaban J connectivity index is 1.16. The number of nitrogens with zero attached hydrogens (tertiary/aromatic N) is 5. The quantitative estimate of drug-likeness (QED) is 0.497. The molecule has 1 aromatic carbocycles. The van der Waals surface area contributed by atoms with Gasteiger partial charge in [0.15, 0.2) is 0 Å². The van der Waals surface area contributed by atoms with Gasteiger partial charge in [-0.05, 0) is 42.5 Å². The number of nitrogens with one attached hydrogen (secondary N) is 1. The van der Waals surface area contributed by atoms with Crippen molar-refractivity contribution in [1.29, 1.82) is 0 Å². The number of halogens is 1. The Morgan fingerprint density at radius 3 is 2.68 bits per heavy atom. The van der Waals surface area contributed by atoms with Gasteiger partial charge in [-0.3, -0.25) is 14.4 Å². The number of pyridine rings is 1. The summed E-state index contributed by atoms with van der Waals surface area (Å²) in [6.45, 7) is 8.39. The molecular formula is C28H35ClN6O3. The number of anilines is 2. The second-order valence-electron chi connectivity index (χ2n) is 11.1. The number of aliphatic hydroxyl groups excluding tert-OH is 1. The predicted molar refractivity (Wildman–Crippen MR) is 148 cm³/mol. The van der Waals surface area contributed by atoms with Gasteiger partial charge in [0.1, 0.15) is 5.82 Å². The Hall–Kier alpha value is -2.72. The van der Waals surface area contributed by atoms with Crippen LogP contribution >= 0.6 is 11.6 Å². The van der Waals surface area contributed by atoms with E-state index in [0.29, 0.717) is 30.0 Å². The van der Waals surface area contributed by atoms with Crippen LogP contribution in [0, 0.1) is 11.8 Å².